The van der Waals surface area contributed by atoms with E-state index in [1.165, 1.54) is 14.0 Å². The van der Waals surface area contributed by atoms with Crippen LogP contribution in [0, 0.1) is 13.8 Å². The maximum atomic E-state index is 13.2. The molecule has 0 unspecified atom stereocenters. The summed E-state index contributed by atoms with van der Waals surface area (Å²) in [5.74, 6) is -0.397. The van der Waals surface area contributed by atoms with E-state index in [0.717, 1.165) is 22.5 Å². The number of H-pyrrole nitrogens is 1. The summed E-state index contributed by atoms with van der Waals surface area (Å²) in [5, 5.41) is 3.11. The zero-order valence-corrected chi connectivity index (χ0v) is 17.5. The van der Waals surface area contributed by atoms with Gasteiger partial charge in [-0.2, -0.15) is 0 Å². The number of aryl methyl sites for hydroxylation is 2. The van der Waals surface area contributed by atoms with Gasteiger partial charge in [-0.3, -0.25) is 19.5 Å². The first-order chi connectivity index (χ1) is 14.9. The quantitative estimate of drug-likeness (QED) is 0.543. The maximum absolute atomic E-state index is 13.2. The Morgan fingerprint density at radius 3 is 2.48 bits per heavy atom. The van der Waals surface area contributed by atoms with Crippen molar-refractivity contribution < 1.29 is 4.79 Å². The molecule has 4 aromatic rings. The minimum Gasteiger partial charge on any atom is -0.328 e. The molecular formula is C23H21N5O3. The monoisotopic (exact) mass is 415 g/mol. The van der Waals surface area contributed by atoms with Gasteiger partial charge in [0.25, 0.3) is 17.0 Å². The highest BCUT2D eigenvalue weighted by Gasteiger charge is 2.31. The lowest BCUT2D eigenvalue weighted by Gasteiger charge is -2.15. The van der Waals surface area contributed by atoms with Gasteiger partial charge in [0.1, 0.15) is 5.56 Å². The molecule has 3 aromatic heterocycles. The lowest BCUT2D eigenvalue weighted by Crippen LogP contribution is -2.34. The van der Waals surface area contributed by atoms with Crippen LogP contribution in [0.4, 0.5) is 0 Å². The second-order valence-electron chi connectivity index (χ2n) is 7.89. The van der Waals surface area contributed by atoms with Crippen LogP contribution in [0.3, 0.4) is 0 Å². The molecule has 0 radical (unpaired) electrons. The smallest absolute Gasteiger partial charge is 0.278 e. The molecule has 8 heteroatoms. The van der Waals surface area contributed by atoms with Gasteiger partial charge >= 0.3 is 0 Å². The normalized spacial score (nSPS) is 13.1. The van der Waals surface area contributed by atoms with Crippen molar-refractivity contribution in [1.82, 2.24) is 24.1 Å². The lowest BCUT2D eigenvalue weighted by molar-refractivity contribution is 0.0747. The Morgan fingerprint density at radius 1 is 1.00 bits per heavy atom. The molecular weight excluding hydrogens is 394 g/mol. The van der Waals surface area contributed by atoms with Crippen molar-refractivity contribution in [2.45, 2.75) is 26.9 Å². The number of nitrogens with one attached hydrogen (secondary N) is 1. The van der Waals surface area contributed by atoms with Crippen LogP contribution in [-0.2, 0) is 20.1 Å². The summed E-state index contributed by atoms with van der Waals surface area (Å²) in [5.41, 5.74) is 4.52. The predicted molar refractivity (Wildman–Crippen MR) is 116 cm³/mol. The molecule has 1 N–H and O–H groups in total. The van der Waals surface area contributed by atoms with Crippen molar-refractivity contribution in [3.8, 4) is 11.1 Å². The number of fused-ring (bicyclic) bond motifs is 2. The number of benzene rings is 1. The van der Waals surface area contributed by atoms with Crippen LogP contribution in [0.2, 0.25) is 0 Å². The third-order valence-corrected chi connectivity index (χ3v) is 5.97. The number of carbonyl (C=O) groups is 1. The Kier molecular flexibility index (Phi) is 4.18. The molecule has 0 saturated heterocycles. The molecule has 1 aliphatic rings. The third kappa shape index (κ3) is 2.83. The molecule has 156 valence electrons. The average Bonchev–Trinajstić information content (AvgIpc) is 3.34. The molecule has 0 spiro atoms. The number of aromatic amines is 1. The number of pyridine rings is 1. The fourth-order valence-electron chi connectivity index (χ4n) is 4.13. The van der Waals surface area contributed by atoms with Gasteiger partial charge in [-0.05, 0) is 31.5 Å². The summed E-state index contributed by atoms with van der Waals surface area (Å²) >= 11 is 0. The summed E-state index contributed by atoms with van der Waals surface area (Å²) < 4.78 is 2.89. The molecule has 1 aliphatic heterocycles. The molecule has 4 heterocycles. The lowest BCUT2D eigenvalue weighted by atomic mass is 10.1. The van der Waals surface area contributed by atoms with Crippen molar-refractivity contribution in [3.05, 3.63) is 91.4 Å². The van der Waals surface area contributed by atoms with E-state index in [1.54, 1.807) is 26.1 Å². The molecule has 8 nitrogen and oxygen atoms in total. The molecule has 0 aliphatic carbocycles. The standard InChI is InChI=1S/C23H21N5O3/c1-13-9-10-16(21(29)26(13)3)22(30)27-11-17-18(12-27)24-20-19(15-7-5-4-6-8-15)14(2)25-28(20)23(17)31/h4-10,25H,11-12H2,1-3H3. The largest absolute Gasteiger partial charge is 0.328 e. The fourth-order valence-corrected chi connectivity index (χ4v) is 4.13. The first-order valence-corrected chi connectivity index (χ1v) is 10.0. The van der Waals surface area contributed by atoms with Crippen molar-refractivity contribution in [1.29, 1.82) is 0 Å². The zero-order chi connectivity index (χ0) is 21.9. The molecule has 0 saturated carbocycles. The van der Waals surface area contributed by atoms with E-state index in [9.17, 15) is 14.4 Å². The van der Waals surface area contributed by atoms with Gasteiger partial charge in [0, 0.05) is 24.0 Å². The summed E-state index contributed by atoms with van der Waals surface area (Å²) in [6.45, 7) is 4.03. The SMILES string of the molecule is Cc1[nH]n2c(=O)c3c(nc2c1-c1ccccc1)CN(C(=O)c1ccc(C)n(C)c1=O)C3. The molecule has 0 bridgehead atoms. The van der Waals surface area contributed by atoms with Crippen LogP contribution in [0.15, 0.2) is 52.1 Å². The summed E-state index contributed by atoms with van der Waals surface area (Å²) in [6.07, 6.45) is 0. The highest BCUT2D eigenvalue weighted by atomic mass is 16.2. The fraction of sp³-hybridized carbons (Fsp3) is 0.217. The van der Waals surface area contributed by atoms with E-state index in [4.69, 9.17) is 4.98 Å². The van der Waals surface area contributed by atoms with Crippen LogP contribution < -0.4 is 11.1 Å². The molecule has 1 amide bonds. The minimum absolute atomic E-state index is 0.0902. The summed E-state index contributed by atoms with van der Waals surface area (Å²) in [4.78, 5) is 45.0. The van der Waals surface area contributed by atoms with E-state index >= 15 is 0 Å². The summed E-state index contributed by atoms with van der Waals surface area (Å²) in [6, 6.07) is 13.0. The first-order valence-electron chi connectivity index (χ1n) is 10.0. The number of hydrogen-bond donors (Lipinski definition) is 1. The van der Waals surface area contributed by atoms with Gasteiger partial charge in [-0.1, -0.05) is 30.3 Å². The molecule has 0 fully saturated rings. The Labute approximate surface area is 177 Å². The topological polar surface area (TPSA) is 92.5 Å². The number of rotatable bonds is 2. The number of amides is 1. The van der Waals surface area contributed by atoms with E-state index in [0.29, 0.717) is 16.9 Å². The molecule has 1 aromatic carbocycles. The predicted octanol–water partition coefficient (Wildman–Crippen LogP) is 2.16. The van der Waals surface area contributed by atoms with Crippen LogP contribution in [0.25, 0.3) is 16.8 Å². The maximum Gasteiger partial charge on any atom is 0.278 e. The highest BCUT2D eigenvalue weighted by Crippen LogP contribution is 2.28. The highest BCUT2D eigenvalue weighted by molar-refractivity contribution is 5.94. The number of aromatic nitrogens is 4. The van der Waals surface area contributed by atoms with Crippen LogP contribution in [-0.4, -0.2) is 30.0 Å². The van der Waals surface area contributed by atoms with Crippen molar-refractivity contribution >= 4 is 11.6 Å². The number of carbonyl (C=O) groups excluding carboxylic acids is 1. The van der Waals surface area contributed by atoms with Gasteiger partial charge in [0.2, 0.25) is 0 Å². The van der Waals surface area contributed by atoms with E-state index in [-0.39, 0.29) is 29.8 Å². The van der Waals surface area contributed by atoms with Crippen molar-refractivity contribution in [2.24, 2.45) is 7.05 Å². The van der Waals surface area contributed by atoms with Gasteiger partial charge in [0.05, 0.1) is 24.3 Å². The Balaban J connectivity index is 1.58. The average molecular weight is 415 g/mol. The van der Waals surface area contributed by atoms with Crippen molar-refractivity contribution in [3.63, 3.8) is 0 Å². The van der Waals surface area contributed by atoms with Gasteiger partial charge in [-0.15, -0.1) is 0 Å². The molecule has 5 rings (SSSR count). The van der Waals surface area contributed by atoms with E-state index in [1.807, 2.05) is 37.3 Å². The first kappa shape index (κ1) is 19.0. The van der Waals surface area contributed by atoms with E-state index < -0.39 is 5.91 Å². The zero-order valence-electron chi connectivity index (χ0n) is 17.5. The second kappa shape index (κ2) is 6.80. The Hall–Kier alpha value is -3.94. The number of hydrogen-bond acceptors (Lipinski definition) is 4. The van der Waals surface area contributed by atoms with Crippen LogP contribution in [0.5, 0.6) is 0 Å². The Bertz CT molecular complexity index is 1480. The van der Waals surface area contributed by atoms with Gasteiger partial charge in [-0.25, -0.2) is 9.50 Å². The van der Waals surface area contributed by atoms with Gasteiger partial charge in [0.15, 0.2) is 5.65 Å². The number of nitrogens with zero attached hydrogens (tertiary/aromatic N) is 4. The van der Waals surface area contributed by atoms with Crippen LogP contribution in [0.1, 0.15) is 33.0 Å². The van der Waals surface area contributed by atoms with Gasteiger partial charge < -0.3 is 9.47 Å². The van der Waals surface area contributed by atoms with Crippen LogP contribution >= 0.6 is 0 Å². The molecule has 31 heavy (non-hydrogen) atoms. The summed E-state index contributed by atoms with van der Waals surface area (Å²) in [7, 11) is 1.64. The minimum atomic E-state index is -0.397. The Morgan fingerprint density at radius 2 is 1.74 bits per heavy atom. The van der Waals surface area contributed by atoms with Crippen molar-refractivity contribution in [2.75, 3.05) is 0 Å². The third-order valence-electron chi connectivity index (χ3n) is 5.97. The second-order valence-corrected chi connectivity index (χ2v) is 7.89. The van der Waals surface area contributed by atoms with E-state index in [2.05, 4.69) is 5.10 Å². The molecule has 0 atom stereocenters.